The number of anilines is 2. The van der Waals surface area contributed by atoms with E-state index in [1.54, 1.807) is 31.2 Å². The van der Waals surface area contributed by atoms with Crippen molar-refractivity contribution in [3.63, 3.8) is 0 Å². The predicted octanol–water partition coefficient (Wildman–Crippen LogP) is 3.48. The summed E-state index contributed by atoms with van der Waals surface area (Å²) in [4.78, 5) is 33.4. The summed E-state index contributed by atoms with van der Waals surface area (Å²) in [6, 6.07) is 6.04. The summed E-state index contributed by atoms with van der Waals surface area (Å²) in [5.41, 5.74) is 1.89. The van der Waals surface area contributed by atoms with Gasteiger partial charge in [-0.1, -0.05) is 11.6 Å². The van der Waals surface area contributed by atoms with Gasteiger partial charge in [0.15, 0.2) is 0 Å². The first kappa shape index (κ1) is 19.1. The van der Waals surface area contributed by atoms with Crippen LogP contribution in [-0.4, -0.2) is 40.5 Å². The van der Waals surface area contributed by atoms with Crippen molar-refractivity contribution in [3.8, 4) is 5.75 Å². The van der Waals surface area contributed by atoms with E-state index in [-0.39, 0.29) is 17.8 Å². The number of benzene rings is 1. The molecule has 1 aliphatic carbocycles. The van der Waals surface area contributed by atoms with E-state index in [2.05, 4.69) is 25.7 Å². The van der Waals surface area contributed by atoms with E-state index >= 15 is 0 Å². The second kappa shape index (κ2) is 7.67. The molecule has 2 aliphatic rings. The van der Waals surface area contributed by atoms with Crippen molar-refractivity contribution < 1.29 is 14.3 Å². The van der Waals surface area contributed by atoms with Crippen molar-refractivity contribution in [1.82, 2.24) is 9.78 Å². The first-order chi connectivity index (χ1) is 13.9. The number of methoxy groups -OCH3 is 1. The van der Waals surface area contributed by atoms with Crippen molar-refractivity contribution in [2.45, 2.75) is 26.2 Å². The monoisotopic (exact) mass is 414 g/mol. The summed E-state index contributed by atoms with van der Waals surface area (Å²) in [6.07, 6.45) is 2.47. The van der Waals surface area contributed by atoms with Gasteiger partial charge in [0, 0.05) is 16.8 Å². The van der Waals surface area contributed by atoms with Gasteiger partial charge >= 0.3 is 6.03 Å². The first-order valence-corrected chi connectivity index (χ1v) is 9.51. The second-order valence-electron chi connectivity index (χ2n) is 6.80. The molecule has 2 heterocycles. The van der Waals surface area contributed by atoms with Crippen LogP contribution in [0.3, 0.4) is 0 Å². The Kier molecular flexibility index (Phi) is 5.06. The van der Waals surface area contributed by atoms with Gasteiger partial charge < -0.3 is 10.1 Å². The average molecular weight is 415 g/mol. The maximum atomic E-state index is 12.5. The van der Waals surface area contributed by atoms with E-state index in [0.29, 0.717) is 28.0 Å². The van der Waals surface area contributed by atoms with Crippen LogP contribution >= 0.6 is 11.6 Å². The lowest BCUT2D eigenvalue weighted by Gasteiger charge is -2.16. The number of aliphatic imine (C=N–C) groups is 2. The fourth-order valence-corrected chi connectivity index (χ4v) is 3.61. The molecule has 4 rings (SSSR count). The SMILES string of the molecule is COc1ccc(Cl)cc1NC(=O)Nc1cc(C)nn1C1=NC(=O)C2CCCC2=N1. The Labute approximate surface area is 171 Å². The maximum absolute atomic E-state index is 12.5. The third kappa shape index (κ3) is 3.86. The molecule has 1 atom stereocenters. The molecule has 1 aliphatic heterocycles. The highest BCUT2D eigenvalue weighted by Crippen LogP contribution is 2.29. The minimum absolute atomic E-state index is 0.159. The Bertz CT molecular complexity index is 1060. The van der Waals surface area contributed by atoms with Gasteiger partial charge in [-0.2, -0.15) is 14.8 Å². The predicted molar refractivity (Wildman–Crippen MR) is 110 cm³/mol. The molecular formula is C19H19ClN6O3. The van der Waals surface area contributed by atoms with E-state index in [0.717, 1.165) is 25.0 Å². The summed E-state index contributed by atoms with van der Waals surface area (Å²) in [6.45, 7) is 1.77. The third-order valence-corrected chi connectivity index (χ3v) is 4.99. The van der Waals surface area contributed by atoms with Crippen LogP contribution in [-0.2, 0) is 4.79 Å². The van der Waals surface area contributed by atoms with Crippen molar-refractivity contribution in [1.29, 1.82) is 0 Å². The lowest BCUT2D eigenvalue weighted by molar-refractivity contribution is -0.119. The van der Waals surface area contributed by atoms with Crippen LogP contribution in [0.5, 0.6) is 5.75 Å². The van der Waals surface area contributed by atoms with Gasteiger partial charge in [-0.15, -0.1) is 0 Å². The molecule has 1 aromatic carbocycles. The molecule has 1 fully saturated rings. The molecule has 9 nitrogen and oxygen atoms in total. The summed E-state index contributed by atoms with van der Waals surface area (Å²) in [5.74, 6) is 0.538. The van der Waals surface area contributed by atoms with Crippen molar-refractivity contribution in [2.24, 2.45) is 15.9 Å². The fraction of sp³-hybridized carbons (Fsp3) is 0.316. The lowest BCUT2D eigenvalue weighted by Crippen LogP contribution is -2.29. The first-order valence-electron chi connectivity index (χ1n) is 9.13. The normalized spacial score (nSPS) is 18.0. The number of carbonyl (C=O) groups is 2. The fourth-order valence-electron chi connectivity index (χ4n) is 3.44. The molecule has 2 aromatic rings. The summed E-state index contributed by atoms with van der Waals surface area (Å²) >= 11 is 6.00. The number of amides is 3. The number of rotatable bonds is 3. The Morgan fingerprint density at radius 1 is 1.28 bits per heavy atom. The Hall–Kier alpha value is -3.20. The number of hydrogen-bond acceptors (Lipinski definition) is 5. The van der Waals surface area contributed by atoms with E-state index < -0.39 is 6.03 Å². The molecule has 2 N–H and O–H groups in total. The molecule has 10 heteroatoms. The topological polar surface area (TPSA) is 110 Å². The molecule has 3 amide bonds. The van der Waals surface area contributed by atoms with E-state index in [4.69, 9.17) is 16.3 Å². The molecule has 0 bridgehead atoms. The number of nitrogens with zero attached hydrogens (tertiary/aromatic N) is 4. The number of nitrogens with one attached hydrogen (secondary N) is 2. The van der Waals surface area contributed by atoms with Gasteiger partial charge in [-0.25, -0.2) is 9.79 Å². The molecule has 0 saturated heterocycles. The highest BCUT2D eigenvalue weighted by molar-refractivity contribution is 6.31. The van der Waals surface area contributed by atoms with Gasteiger partial charge in [0.1, 0.15) is 11.6 Å². The number of urea groups is 1. The van der Waals surface area contributed by atoms with Gasteiger partial charge in [-0.3, -0.25) is 10.1 Å². The zero-order valence-electron chi connectivity index (χ0n) is 15.9. The Morgan fingerprint density at radius 3 is 2.90 bits per heavy atom. The second-order valence-corrected chi connectivity index (χ2v) is 7.24. The van der Waals surface area contributed by atoms with Crippen LogP contribution in [0.15, 0.2) is 34.3 Å². The van der Waals surface area contributed by atoms with Crippen LogP contribution < -0.4 is 15.4 Å². The van der Waals surface area contributed by atoms with E-state index in [9.17, 15) is 9.59 Å². The Balaban J connectivity index is 1.57. The minimum Gasteiger partial charge on any atom is -0.495 e. The van der Waals surface area contributed by atoms with Crippen LogP contribution in [0.4, 0.5) is 16.3 Å². The van der Waals surface area contributed by atoms with Gasteiger partial charge in [0.25, 0.3) is 11.9 Å². The number of fused-ring (bicyclic) bond motifs is 1. The zero-order valence-corrected chi connectivity index (χ0v) is 16.7. The number of ether oxygens (including phenoxy) is 1. The van der Waals surface area contributed by atoms with E-state index in [1.807, 2.05) is 0 Å². The van der Waals surface area contributed by atoms with Crippen molar-refractivity contribution >= 4 is 46.7 Å². The molecular weight excluding hydrogens is 396 g/mol. The van der Waals surface area contributed by atoms with Crippen molar-refractivity contribution in [3.05, 3.63) is 35.0 Å². The smallest absolute Gasteiger partial charge is 0.324 e. The lowest BCUT2D eigenvalue weighted by atomic mass is 10.1. The largest absolute Gasteiger partial charge is 0.495 e. The van der Waals surface area contributed by atoms with E-state index in [1.165, 1.54) is 11.8 Å². The molecule has 0 spiro atoms. The molecule has 1 unspecified atom stereocenters. The standard InChI is InChI=1S/C19H19ClN6O3/c1-10-8-16(23-19(28)22-14-9-11(20)6-7-15(14)29-2)26(25-10)18-21-13-5-3-4-12(13)17(27)24-18/h6-9,12H,3-5H2,1-2H3,(H2,22,23,28). The highest BCUT2D eigenvalue weighted by atomic mass is 35.5. The van der Waals surface area contributed by atoms with Crippen LogP contribution in [0.2, 0.25) is 5.02 Å². The van der Waals surface area contributed by atoms with Crippen LogP contribution in [0.1, 0.15) is 25.0 Å². The zero-order chi connectivity index (χ0) is 20.5. The maximum Gasteiger partial charge on any atom is 0.324 e. The van der Waals surface area contributed by atoms with Crippen LogP contribution in [0.25, 0.3) is 0 Å². The highest BCUT2D eigenvalue weighted by Gasteiger charge is 2.33. The number of aromatic nitrogens is 2. The summed E-state index contributed by atoms with van der Waals surface area (Å²) < 4.78 is 6.60. The molecule has 29 heavy (non-hydrogen) atoms. The van der Waals surface area contributed by atoms with Gasteiger partial charge in [0.05, 0.1) is 24.4 Å². The molecule has 1 saturated carbocycles. The number of aryl methyl sites for hydroxylation is 1. The number of halogens is 1. The van der Waals surface area contributed by atoms with Gasteiger partial charge in [-0.05, 0) is 44.4 Å². The summed E-state index contributed by atoms with van der Waals surface area (Å²) in [5, 5.41) is 10.2. The van der Waals surface area contributed by atoms with Crippen LogP contribution in [0, 0.1) is 12.8 Å². The third-order valence-electron chi connectivity index (χ3n) is 4.75. The minimum atomic E-state index is -0.527. The average Bonchev–Trinajstić information content (AvgIpc) is 3.28. The van der Waals surface area contributed by atoms with Gasteiger partial charge in [0.2, 0.25) is 0 Å². The molecule has 150 valence electrons. The quantitative estimate of drug-likeness (QED) is 0.800. The number of carbonyl (C=O) groups excluding carboxylic acids is 2. The summed E-state index contributed by atoms with van der Waals surface area (Å²) in [7, 11) is 1.50. The van der Waals surface area contributed by atoms with Crippen molar-refractivity contribution in [2.75, 3.05) is 17.7 Å². The molecule has 1 aromatic heterocycles. The number of hydrogen-bond donors (Lipinski definition) is 2. The molecule has 0 radical (unpaired) electrons. The Morgan fingerprint density at radius 2 is 2.10 bits per heavy atom.